The second kappa shape index (κ2) is 7.60. The van der Waals surface area contributed by atoms with Crippen molar-refractivity contribution in [1.82, 2.24) is 9.21 Å². The zero-order chi connectivity index (χ0) is 17.2. The highest BCUT2D eigenvalue weighted by Crippen LogP contribution is 2.34. The van der Waals surface area contributed by atoms with Crippen LogP contribution in [0.15, 0.2) is 29.2 Å². The van der Waals surface area contributed by atoms with E-state index in [0.29, 0.717) is 45.8 Å². The number of ether oxygens (including phenoxy) is 1. The lowest BCUT2D eigenvalue weighted by atomic mass is 9.92. The summed E-state index contributed by atoms with van der Waals surface area (Å²) < 4.78 is 35.0. The smallest absolute Gasteiger partial charge is 0.128 e. The molecule has 4 nitrogen and oxygen atoms in total. The standard InChI is InChI=1S/C18H27FN2O2S/c1-15(2)18(19)7-8-20(14-18)13-16-5-3-4-6-17(16)24(22)21-9-11-23-12-10-21/h3-6,15H,7-14H2,1-2H3. The van der Waals surface area contributed by atoms with E-state index in [9.17, 15) is 8.60 Å². The summed E-state index contributed by atoms with van der Waals surface area (Å²) in [6.45, 7) is 8.39. The number of hydrogen-bond donors (Lipinski definition) is 0. The highest BCUT2D eigenvalue weighted by Gasteiger charge is 2.41. The van der Waals surface area contributed by atoms with Crippen LogP contribution in [-0.4, -0.2) is 58.5 Å². The van der Waals surface area contributed by atoms with Gasteiger partial charge in [0.2, 0.25) is 0 Å². The Morgan fingerprint density at radius 3 is 2.62 bits per heavy atom. The first kappa shape index (κ1) is 18.0. The summed E-state index contributed by atoms with van der Waals surface area (Å²) in [4.78, 5) is 3.00. The van der Waals surface area contributed by atoms with E-state index < -0.39 is 16.7 Å². The Kier molecular flexibility index (Phi) is 5.70. The predicted molar refractivity (Wildman–Crippen MR) is 93.8 cm³/mol. The number of benzene rings is 1. The van der Waals surface area contributed by atoms with E-state index in [1.165, 1.54) is 0 Å². The Balaban J connectivity index is 1.72. The number of halogens is 1. The van der Waals surface area contributed by atoms with Crippen molar-refractivity contribution in [2.75, 3.05) is 39.4 Å². The molecule has 0 saturated carbocycles. The first-order valence-corrected chi connectivity index (χ1v) is 9.84. The van der Waals surface area contributed by atoms with Crippen LogP contribution < -0.4 is 0 Å². The van der Waals surface area contributed by atoms with Crippen molar-refractivity contribution in [2.24, 2.45) is 5.92 Å². The molecule has 0 spiro atoms. The molecule has 6 heteroatoms. The molecule has 2 atom stereocenters. The van der Waals surface area contributed by atoms with E-state index in [1.807, 2.05) is 42.4 Å². The lowest BCUT2D eigenvalue weighted by molar-refractivity contribution is 0.0751. The van der Waals surface area contributed by atoms with Gasteiger partial charge in [-0.3, -0.25) is 4.90 Å². The Hall–Kier alpha value is -0.820. The van der Waals surface area contributed by atoms with Crippen molar-refractivity contribution >= 4 is 11.0 Å². The van der Waals surface area contributed by atoms with Crippen LogP contribution in [0.2, 0.25) is 0 Å². The summed E-state index contributed by atoms with van der Waals surface area (Å²) in [5.41, 5.74) is -0.0616. The molecule has 2 unspecified atom stereocenters. The fourth-order valence-electron chi connectivity index (χ4n) is 3.38. The summed E-state index contributed by atoms with van der Waals surface area (Å²) in [7, 11) is -1.18. The third kappa shape index (κ3) is 3.87. The molecule has 1 aromatic rings. The molecule has 0 aromatic heterocycles. The molecule has 2 aliphatic heterocycles. The van der Waals surface area contributed by atoms with Crippen LogP contribution in [-0.2, 0) is 22.3 Å². The summed E-state index contributed by atoms with van der Waals surface area (Å²) >= 11 is 0. The van der Waals surface area contributed by atoms with Crippen LogP contribution in [0.5, 0.6) is 0 Å². The van der Waals surface area contributed by atoms with Crippen molar-refractivity contribution in [2.45, 2.75) is 37.4 Å². The van der Waals surface area contributed by atoms with Crippen LogP contribution in [0.3, 0.4) is 0 Å². The SMILES string of the molecule is CC(C)C1(F)CCN(Cc2ccccc2S(=O)N2CCOCC2)C1. The first-order chi connectivity index (χ1) is 11.5. The van der Waals surface area contributed by atoms with Gasteiger partial charge in [-0.1, -0.05) is 32.0 Å². The van der Waals surface area contributed by atoms with E-state index in [2.05, 4.69) is 4.90 Å². The van der Waals surface area contributed by atoms with Gasteiger partial charge >= 0.3 is 0 Å². The molecule has 24 heavy (non-hydrogen) atoms. The third-order valence-electron chi connectivity index (χ3n) is 5.12. The number of nitrogens with zero attached hydrogens (tertiary/aromatic N) is 2. The van der Waals surface area contributed by atoms with E-state index in [-0.39, 0.29) is 5.92 Å². The number of morpholine rings is 1. The van der Waals surface area contributed by atoms with Crippen molar-refractivity contribution < 1.29 is 13.3 Å². The Bertz CT molecular complexity index is 592. The molecule has 0 radical (unpaired) electrons. The van der Waals surface area contributed by atoms with E-state index in [4.69, 9.17) is 4.74 Å². The Morgan fingerprint density at radius 2 is 1.96 bits per heavy atom. The molecule has 134 valence electrons. The minimum Gasteiger partial charge on any atom is -0.379 e. The van der Waals surface area contributed by atoms with Crippen LogP contribution >= 0.6 is 0 Å². The van der Waals surface area contributed by atoms with Gasteiger partial charge in [0, 0.05) is 32.7 Å². The van der Waals surface area contributed by atoms with Crippen molar-refractivity contribution in [3.05, 3.63) is 29.8 Å². The fourth-order valence-corrected chi connectivity index (χ4v) is 4.69. The molecule has 0 bridgehead atoms. The van der Waals surface area contributed by atoms with Crippen molar-refractivity contribution in [1.29, 1.82) is 0 Å². The normalized spacial score (nSPS) is 27.7. The topological polar surface area (TPSA) is 32.8 Å². The third-order valence-corrected chi connectivity index (χ3v) is 6.73. The molecule has 0 amide bonds. The van der Waals surface area contributed by atoms with Crippen molar-refractivity contribution in [3.63, 3.8) is 0 Å². The van der Waals surface area contributed by atoms with Gasteiger partial charge < -0.3 is 4.74 Å². The summed E-state index contributed by atoms with van der Waals surface area (Å²) in [5.74, 6) is 0.0280. The molecule has 2 heterocycles. The van der Waals surface area contributed by atoms with E-state index in [1.54, 1.807) is 0 Å². The second-order valence-corrected chi connectivity index (χ2v) is 8.50. The first-order valence-electron chi connectivity index (χ1n) is 8.73. The molecular weight excluding hydrogens is 327 g/mol. The summed E-state index contributed by atoms with van der Waals surface area (Å²) in [5, 5.41) is 0. The molecular formula is C18H27FN2O2S. The van der Waals surface area contributed by atoms with Gasteiger partial charge in [-0.15, -0.1) is 0 Å². The minimum absolute atomic E-state index is 0.0280. The summed E-state index contributed by atoms with van der Waals surface area (Å²) in [6.07, 6.45) is 0.583. The molecule has 3 rings (SSSR count). The molecule has 2 fully saturated rings. The average molecular weight is 354 g/mol. The van der Waals surface area contributed by atoms with Crippen LogP contribution in [0.4, 0.5) is 4.39 Å². The zero-order valence-electron chi connectivity index (χ0n) is 14.5. The number of rotatable bonds is 5. The van der Waals surface area contributed by atoms with E-state index >= 15 is 0 Å². The van der Waals surface area contributed by atoms with Gasteiger partial charge in [-0.25, -0.2) is 12.9 Å². The average Bonchev–Trinajstić information content (AvgIpc) is 2.98. The maximum Gasteiger partial charge on any atom is 0.128 e. The highest BCUT2D eigenvalue weighted by molar-refractivity contribution is 7.82. The highest BCUT2D eigenvalue weighted by atomic mass is 32.2. The largest absolute Gasteiger partial charge is 0.379 e. The molecule has 0 N–H and O–H groups in total. The van der Waals surface area contributed by atoms with E-state index in [0.717, 1.165) is 17.0 Å². The monoisotopic (exact) mass is 354 g/mol. The van der Waals surface area contributed by atoms with Gasteiger partial charge in [0.15, 0.2) is 0 Å². The number of alkyl halides is 1. The van der Waals surface area contributed by atoms with Crippen LogP contribution in [0, 0.1) is 5.92 Å². The van der Waals surface area contributed by atoms with Gasteiger partial charge in [-0.05, 0) is 24.0 Å². The molecule has 2 aliphatic rings. The molecule has 2 saturated heterocycles. The van der Waals surface area contributed by atoms with Gasteiger partial charge in [0.1, 0.15) is 16.7 Å². The van der Waals surface area contributed by atoms with Crippen LogP contribution in [0.25, 0.3) is 0 Å². The maximum atomic E-state index is 14.8. The molecule has 0 aliphatic carbocycles. The predicted octanol–water partition coefficient (Wildman–Crippen LogP) is 2.61. The van der Waals surface area contributed by atoms with Gasteiger partial charge in [0.25, 0.3) is 0 Å². The minimum atomic E-state index is -1.18. The second-order valence-electron chi connectivity index (χ2n) is 7.05. The van der Waals surface area contributed by atoms with Crippen molar-refractivity contribution in [3.8, 4) is 0 Å². The number of likely N-dealkylation sites (tertiary alicyclic amines) is 1. The lowest BCUT2D eigenvalue weighted by Gasteiger charge is -2.27. The fraction of sp³-hybridized carbons (Fsp3) is 0.667. The zero-order valence-corrected chi connectivity index (χ0v) is 15.4. The quantitative estimate of drug-likeness (QED) is 0.815. The lowest BCUT2D eigenvalue weighted by Crippen LogP contribution is -2.38. The van der Waals surface area contributed by atoms with Gasteiger partial charge in [0.05, 0.1) is 18.1 Å². The van der Waals surface area contributed by atoms with Crippen LogP contribution in [0.1, 0.15) is 25.8 Å². The molecule has 1 aromatic carbocycles. The maximum absolute atomic E-state index is 14.8. The Morgan fingerprint density at radius 1 is 1.25 bits per heavy atom. The summed E-state index contributed by atoms with van der Waals surface area (Å²) in [6, 6.07) is 7.84. The van der Waals surface area contributed by atoms with Gasteiger partial charge in [-0.2, -0.15) is 0 Å². The Labute approximate surface area is 146 Å². The number of hydrogen-bond acceptors (Lipinski definition) is 3.